The third-order valence-electron chi connectivity index (χ3n) is 3.90. The van der Waals surface area contributed by atoms with Gasteiger partial charge in [0.1, 0.15) is 11.5 Å². The maximum Gasteiger partial charge on any atom is 0.416 e. The first-order valence-electron chi connectivity index (χ1n) is 8.33. The van der Waals surface area contributed by atoms with Crippen LogP contribution in [0.3, 0.4) is 0 Å². The van der Waals surface area contributed by atoms with E-state index in [0.29, 0.717) is 11.8 Å². The molecule has 3 rings (SSSR count). The van der Waals surface area contributed by atoms with Crippen molar-refractivity contribution >= 4 is 17.6 Å². The van der Waals surface area contributed by atoms with Crippen LogP contribution in [-0.2, 0) is 6.18 Å². The smallest absolute Gasteiger partial charge is 0.416 e. The molecule has 3 aromatic rings. The molecule has 3 aromatic carbocycles. The summed E-state index contributed by atoms with van der Waals surface area (Å²) in [6, 6.07) is 16.4. The first-order chi connectivity index (χ1) is 13.7. The third kappa shape index (κ3) is 4.92. The molecule has 0 radical (unpaired) electrons. The Morgan fingerprint density at radius 3 is 2.24 bits per heavy atom. The van der Waals surface area contributed by atoms with Crippen molar-refractivity contribution in [3.63, 3.8) is 0 Å². The average molecular weight is 401 g/mol. The number of carbonyl (C=O) groups excluding carboxylic acids is 1. The van der Waals surface area contributed by atoms with Crippen LogP contribution in [0.4, 0.5) is 18.9 Å². The molecule has 2 N–H and O–H groups in total. The Bertz CT molecular complexity index is 1050. The quantitative estimate of drug-likeness (QED) is 0.596. The van der Waals surface area contributed by atoms with Crippen molar-refractivity contribution in [2.75, 3.05) is 5.32 Å². The Morgan fingerprint density at radius 2 is 1.59 bits per heavy atom. The van der Waals surface area contributed by atoms with Crippen LogP contribution >= 0.6 is 0 Å². The highest BCUT2D eigenvalue weighted by molar-refractivity contribution is 6.08. The zero-order valence-electron chi connectivity index (χ0n) is 14.7. The molecule has 8 heteroatoms. The predicted octanol–water partition coefficient (Wildman–Crippen LogP) is 5.45. The van der Waals surface area contributed by atoms with E-state index in [2.05, 4.69) is 5.32 Å². The fourth-order valence-electron chi connectivity index (χ4n) is 2.53. The van der Waals surface area contributed by atoms with Crippen molar-refractivity contribution in [1.29, 1.82) is 0 Å². The molecule has 5 nitrogen and oxygen atoms in total. The molecule has 0 heterocycles. The Kier molecular flexibility index (Phi) is 5.54. The zero-order chi connectivity index (χ0) is 21.0. The number of hydrogen-bond acceptors (Lipinski definition) is 3. The first kappa shape index (κ1) is 19.9. The van der Waals surface area contributed by atoms with E-state index in [-0.39, 0.29) is 22.6 Å². The van der Waals surface area contributed by atoms with Crippen LogP contribution in [0.25, 0.3) is 0 Å². The summed E-state index contributed by atoms with van der Waals surface area (Å²) in [6.07, 6.45) is -4.61. The molecule has 0 aromatic heterocycles. The summed E-state index contributed by atoms with van der Waals surface area (Å²) < 4.78 is 44.2. The minimum Gasteiger partial charge on any atom is -0.478 e. The molecule has 29 heavy (non-hydrogen) atoms. The molecule has 1 amide bonds. The lowest BCUT2D eigenvalue weighted by molar-refractivity contribution is -0.137. The number of aromatic carboxylic acids is 1. The van der Waals surface area contributed by atoms with Gasteiger partial charge in [-0.25, -0.2) is 4.79 Å². The van der Waals surface area contributed by atoms with Gasteiger partial charge in [-0.05, 0) is 42.5 Å². The van der Waals surface area contributed by atoms with Crippen LogP contribution in [0, 0.1) is 0 Å². The number of carboxylic acids is 1. The van der Waals surface area contributed by atoms with Gasteiger partial charge in [0, 0.05) is 11.6 Å². The van der Waals surface area contributed by atoms with Crippen molar-refractivity contribution in [3.8, 4) is 11.5 Å². The first-order valence-corrected chi connectivity index (χ1v) is 8.33. The number of carboxylic acid groups (broad SMARTS) is 1. The second-order valence-electron chi connectivity index (χ2n) is 5.96. The van der Waals surface area contributed by atoms with Gasteiger partial charge in [-0.3, -0.25) is 4.79 Å². The fourth-order valence-corrected chi connectivity index (χ4v) is 2.53. The number of para-hydroxylation sites is 1. The number of hydrogen-bond donors (Lipinski definition) is 2. The summed E-state index contributed by atoms with van der Waals surface area (Å²) in [5.74, 6) is -1.45. The van der Waals surface area contributed by atoms with E-state index in [1.54, 1.807) is 30.3 Å². The SMILES string of the molecule is O=C(Nc1cc(Oc2ccccc2)ccc1C(=O)O)c1cccc(C(F)(F)F)c1. The van der Waals surface area contributed by atoms with Crippen LogP contribution in [0.15, 0.2) is 72.8 Å². The minimum absolute atomic E-state index is 0.103. The van der Waals surface area contributed by atoms with Crippen LogP contribution in [0.1, 0.15) is 26.3 Å². The molecular formula is C21H14F3NO4. The molecule has 0 aliphatic carbocycles. The average Bonchev–Trinajstić information content (AvgIpc) is 2.68. The van der Waals surface area contributed by atoms with Gasteiger partial charge in [-0.1, -0.05) is 24.3 Å². The lowest BCUT2D eigenvalue weighted by atomic mass is 10.1. The molecule has 0 spiro atoms. The Morgan fingerprint density at radius 1 is 0.862 bits per heavy atom. The van der Waals surface area contributed by atoms with Crippen molar-refractivity contribution in [2.24, 2.45) is 0 Å². The van der Waals surface area contributed by atoms with Crippen LogP contribution in [0.5, 0.6) is 11.5 Å². The zero-order valence-corrected chi connectivity index (χ0v) is 14.7. The summed E-state index contributed by atoms with van der Waals surface area (Å²) in [4.78, 5) is 23.9. The van der Waals surface area contributed by atoms with Gasteiger partial charge >= 0.3 is 12.1 Å². The van der Waals surface area contributed by atoms with Gasteiger partial charge in [0.15, 0.2) is 0 Å². The molecule has 0 aliphatic rings. The Labute approximate surface area is 163 Å². The fraction of sp³-hybridized carbons (Fsp3) is 0.0476. The van der Waals surface area contributed by atoms with E-state index < -0.39 is 23.6 Å². The van der Waals surface area contributed by atoms with Gasteiger partial charge in [0.25, 0.3) is 5.91 Å². The lowest BCUT2D eigenvalue weighted by Gasteiger charge is -2.13. The van der Waals surface area contributed by atoms with Crippen LogP contribution in [0.2, 0.25) is 0 Å². The van der Waals surface area contributed by atoms with Gasteiger partial charge in [-0.2, -0.15) is 13.2 Å². The van der Waals surface area contributed by atoms with Crippen molar-refractivity contribution in [2.45, 2.75) is 6.18 Å². The van der Waals surface area contributed by atoms with Crippen molar-refractivity contribution in [1.82, 2.24) is 0 Å². The van der Waals surface area contributed by atoms with Crippen LogP contribution in [-0.4, -0.2) is 17.0 Å². The largest absolute Gasteiger partial charge is 0.478 e. The van der Waals surface area contributed by atoms with E-state index in [1.165, 1.54) is 24.3 Å². The highest BCUT2D eigenvalue weighted by Gasteiger charge is 2.31. The monoisotopic (exact) mass is 401 g/mol. The molecule has 0 unspecified atom stereocenters. The summed E-state index contributed by atoms with van der Waals surface area (Å²) in [5.41, 5.74) is -1.57. The summed E-state index contributed by atoms with van der Waals surface area (Å²) in [7, 11) is 0. The van der Waals surface area contributed by atoms with E-state index in [9.17, 15) is 27.9 Å². The third-order valence-corrected chi connectivity index (χ3v) is 3.90. The number of halogens is 3. The van der Waals surface area contributed by atoms with Crippen molar-refractivity contribution in [3.05, 3.63) is 89.5 Å². The standard InChI is InChI=1S/C21H14F3NO4/c22-21(23,24)14-6-4-5-13(11-14)19(26)25-18-12-16(9-10-17(18)20(27)28)29-15-7-2-1-3-8-15/h1-12H,(H,25,26)(H,27,28). The molecular weight excluding hydrogens is 387 g/mol. The number of benzene rings is 3. The Balaban J connectivity index is 1.89. The van der Waals surface area contributed by atoms with Crippen LogP contribution < -0.4 is 10.1 Å². The molecule has 0 aliphatic heterocycles. The van der Waals surface area contributed by atoms with E-state index in [4.69, 9.17) is 4.74 Å². The summed E-state index contributed by atoms with van der Waals surface area (Å²) in [6.45, 7) is 0. The molecule has 0 bridgehead atoms. The van der Waals surface area contributed by atoms with Gasteiger partial charge in [0.05, 0.1) is 16.8 Å². The summed E-state index contributed by atoms with van der Waals surface area (Å²) in [5, 5.41) is 11.7. The maximum atomic E-state index is 12.9. The second kappa shape index (κ2) is 8.05. The highest BCUT2D eigenvalue weighted by Crippen LogP contribution is 2.30. The number of ether oxygens (including phenoxy) is 1. The van der Waals surface area contributed by atoms with E-state index in [1.807, 2.05) is 0 Å². The molecule has 0 fully saturated rings. The van der Waals surface area contributed by atoms with E-state index in [0.717, 1.165) is 12.1 Å². The highest BCUT2D eigenvalue weighted by atomic mass is 19.4. The second-order valence-corrected chi connectivity index (χ2v) is 5.96. The number of rotatable bonds is 5. The Hall–Kier alpha value is -3.81. The lowest BCUT2D eigenvalue weighted by Crippen LogP contribution is -2.16. The molecule has 0 saturated carbocycles. The predicted molar refractivity (Wildman–Crippen MR) is 99.3 cm³/mol. The number of nitrogens with one attached hydrogen (secondary N) is 1. The molecule has 148 valence electrons. The number of alkyl halides is 3. The number of anilines is 1. The van der Waals surface area contributed by atoms with Gasteiger partial charge < -0.3 is 15.2 Å². The number of carbonyl (C=O) groups is 2. The molecule has 0 saturated heterocycles. The minimum atomic E-state index is -4.61. The van der Waals surface area contributed by atoms with E-state index >= 15 is 0 Å². The number of amides is 1. The summed E-state index contributed by atoms with van der Waals surface area (Å²) >= 11 is 0. The topological polar surface area (TPSA) is 75.6 Å². The maximum absolute atomic E-state index is 12.9. The van der Waals surface area contributed by atoms with Crippen molar-refractivity contribution < 1.29 is 32.6 Å². The molecule has 0 atom stereocenters. The normalized spacial score (nSPS) is 11.0. The van der Waals surface area contributed by atoms with Gasteiger partial charge in [0.2, 0.25) is 0 Å². The van der Waals surface area contributed by atoms with Gasteiger partial charge in [-0.15, -0.1) is 0 Å².